The van der Waals surface area contributed by atoms with Gasteiger partial charge in [0.15, 0.2) is 5.78 Å². The van der Waals surface area contributed by atoms with E-state index in [1.807, 2.05) is 18.2 Å². The van der Waals surface area contributed by atoms with E-state index in [2.05, 4.69) is 0 Å². The minimum atomic E-state index is -1.12. The monoisotopic (exact) mass is 244 g/mol. The van der Waals surface area contributed by atoms with Gasteiger partial charge >= 0.3 is 0 Å². The fourth-order valence-corrected chi connectivity index (χ4v) is 1.98. The zero-order valence-corrected chi connectivity index (χ0v) is 10.2. The molecule has 18 heavy (non-hydrogen) atoms. The number of allylic oxidation sites excluding steroid dienone is 2. The van der Waals surface area contributed by atoms with Crippen LogP contribution in [0.3, 0.4) is 0 Å². The normalized spacial score (nSPS) is 17.7. The molecule has 0 fully saturated rings. The van der Waals surface area contributed by atoms with Crippen molar-refractivity contribution in [1.82, 2.24) is 0 Å². The fourth-order valence-electron chi connectivity index (χ4n) is 1.98. The highest BCUT2D eigenvalue weighted by atomic mass is 16.5. The molecule has 4 N–H and O–H groups in total. The molecule has 94 valence electrons. The van der Waals surface area contributed by atoms with E-state index in [9.17, 15) is 4.79 Å². The van der Waals surface area contributed by atoms with E-state index < -0.39 is 5.66 Å². The second-order valence-corrected chi connectivity index (χ2v) is 4.34. The van der Waals surface area contributed by atoms with Crippen LogP contribution in [0.2, 0.25) is 0 Å². The van der Waals surface area contributed by atoms with Crippen LogP contribution in [-0.4, -0.2) is 18.6 Å². The van der Waals surface area contributed by atoms with Gasteiger partial charge in [-0.2, -0.15) is 0 Å². The summed E-state index contributed by atoms with van der Waals surface area (Å²) in [5.41, 5.74) is 12.0. The Balaban J connectivity index is 2.29. The standard InChI is InChI=1S/C14H16N2O2/c1-18-12-8-7-11(9-14(12,15)16)13(17)10-5-3-2-4-6-10/h2-8H,9,15-16H2,1H3. The molecule has 0 radical (unpaired) electrons. The van der Waals surface area contributed by atoms with Gasteiger partial charge in [-0.15, -0.1) is 0 Å². The van der Waals surface area contributed by atoms with Crippen LogP contribution >= 0.6 is 0 Å². The zero-order valence-electron chi connectivity index (χ0n) is 10.2. The summed E-state index contributed by atoms with van der Waals surface area (Å²) in [6, 6.07) is 9.06. The summed E-state index contributed by atoms with van der Waals surface area (Å²) in [5.74, 6) is 0.425. The molecule has 0 saturated heterocycles. The van der Waals surface area contributed by atoms with Gasteiger partial charge in [-0.05, 0) is 6.08 Å². The smallest absolute Gasteiger partial charge is 0.189 e. The maximum atomic E-state index is 12.2. The Morgan fingerprint density at radius 2 is 1.89 bits per heavy atom. The van der Waals surface area contributed by atoms with Gasteiger partial charge in [0.05, 0.1) is 7.11 Å². The quantitative estimate of drug-likeness (QED) is 0.621. The first-order chi connectivity index (χ1) is 8.54. The van der Waals surface area contributed by atoms with E-state index in [0.717, 1.165) is 0 Å². The van der Waals surface area contributed by atoms with Gasteiger partial charge in [-0.1, -0.05) is 36.4 Å². The Morgan fingerprint density at radius 1 is 1.22 bits per heavy atom. The number of carbonyl (C=O) groups excluding carboxylic acids is 1. The van der Waals surface area contributed by atoms with Gasteiger partial charge in [0, 0.05) is 17.6 Å². The molecule has 1 aromatic carbocycles. The van der Waals surface area contributed by atoms with Crippen molar-refractivity contribution in [3.05, 3.63) is 59.4 Å². The van der Waals surface area contributed by atoms with Crippen LogP contribution in [0, 0.1) is 0 Å². The molecular formula is C14H16N2O2. The van der Waals surface area contributed by atoms with Crippen molar-refractivity contribution >= 4 is 5.78 Å². The summed E-state index contributed by atoms with van der Waals surface area (Å²) < 4.78 is 5.10. The van der Waals surface area contributed by atoms with Crippen LogP contribution in [0.4, 0.5) is 0 Å². The summed E-state index contributed by atoms with van der Waals surface area (Å²) >= 11 is 0. The van der Waals surface area contributed by atoms with Gasteiger partial charge in [0.1, 0.15) is 11.4 Å². The van der Waals surface area contributed by atoms with E-state index in [1.54, 1.807) is 24.3 Å². The summed E-state index contributed by atoms with van der Waals surface area (Å²) in [6.07, 6.45) is 3.63. The molecule has 0 aliphatic heterocycles. The Hall–Kier alpha value is -1.91. The maximum absolute atomic E-state index is 12.2. The van der Waals surface area contributed by atoms with E-state index in [4.69, 9.17) is 16.2 Å². The van der Waals surface area contributed by atoms with E-state index in [-0.39, 0.29) is 12.2 Å². The molecule has 0 saturated carbocycles. The van der Waals surface area contributed by atoms with Crippen LogP contribution in [-0.2, 0) is 4.74 Å². The topological polar surface area (TPSA) is 78.3 Å². The molecule has 1 aliphatic carbocycles. The van der Waals surface area contributed by atoms with E-state index >= 15 is 0 Å². The summed E-state index contributed by atoms with van der Waals surface area (Å²) in [6.45, 7) is 0. The number of hydrogen-bond acceptors (Lipinski definition) is 4. The lowest BCUT2D eigenvalue weighted by Gasteiger charge is -2.29. The lowest BCUT2D eigenvalue weighted by atomic mass is 9.89. The van der Waals surface area contributed by atoms with Crippen LogP contribution in [0.1, 0.15) is 16.8 Å². The molecule has 0 heterocycles. The van der Waals surface area contributed by atoms with Crippen LogP contribution < -0.4 is 11.5 Å². The predicted octanol–water partition coefficient (Wildman–Crippen LogP) is 1.34. The van der Waals surface area contributed by atoms with Crippen LogP contribution in [0.5, 0.6) is 0 Å². The number of methoxy groups -OCH3 is 1. The second-order valence-electron chi connectivity index (χ2n) is 4.34. The third kappa shape index (κ3) is 2.34. The first-order valence-electron chi connectivity index (χ1n) is 5.67. The van der Waals surface area contributed by atoms with Crippen molar-refractivity contribution in [3.63, 3.8) is 0 Å². The summed E-state index contributed by atoms with van der Waals surface area (Å²) in [7, 11) is 1.51. The zero-order chi connectivity index (χ0) is 13.2. The first-order valence-corrected chi connectivity index (χ1v) is 5.67. The lowest BCUT2D eigenvalue weighted by molar-refractivity contribution is 0.102. The molecular weight excluding hydrogens is 228 g/mol. The van der Waals surface area contributed by atoms with Gasteiger partial charge in [-0.3, -0.25) is 4.79 Å². The second kappa shape index (κ2) is 4.76. The number of rotatable bonds is 3. The number of carbonyl (C=O) groups is 1. The van der Waals surface area contributed by atoms with Crippen molar-refractivity contribution in [2.75, 3.05) is 7.11 Å². The van der Waals surface area contributed by atoms with Crippen molar-refractivity contribution in [3.8, 4) is 0 Å². The predicted molar refractivity (Wildman–Crippen MR) is 69.7 cm³/mol. The van der Waals surface area contributed by atoms with Crippen molar-refractivity contribution in [2.45, 2.75) is 12.1 Å². The van der Waals surface area contributed by atoms with Crippen LogP contribution in [0.15, 0.2) is 53.8 Å². The highest BCUT2D eigenvalue weighted by Crippen LogP contribution is 2.25. The lowest BCUT2D eigenvalue weighted by Crippen LogP contribution is -2.53. The number of ketones is 1. The minimum absolute atomic E-state index is 0.0534. The van der Waals surface area contributed by atoms with Gasteiger partial charge < -0.3 is 16.2 Å². The van der Waals surface area contributed by atoms with Gasteiger partial charge in [-0.25, -0.2) is 0 Å². The Kier molecular flexibility index (Phi) is 3.32. The van der Waals surface area contributed by atoms with Crippen molar-refractivity contribution in [1.29, 1.82) is 0 Å². The average molecular weight is 244 g/mol. The summed E-state index contributed by atoms with van der Waals surface area (Å²) in [4.78, 5) is 12.2. The highest BCUT2D eigenvalue weighted by molar-refractivity contribution is 6.09. The van der Waals surface area contributed by atoms with Gasteiger partial charge in [0.2, 0.25) is 0 Å². The molecule has 0 spiro atoms. The third-order valence-corrected chi connectivity index (χ3v) is 2.93. The molecule has 0 aromatic heterocycles. The Labute approximate surface area is 106 Å². The average Bonchev–Trinajstić information content (AvgIpc) is 2.37. The molecule has 4 heteroatoms. The third-order valence-electron chi connectivity index (χ3n) is 2.93. The van der Waals surface area contributed by atoms with Gasteiger partial charge in [0.25, 0.3) is 0 Å². The molecule has 0 bridgehead atoms. The number of Topliss-reactive ketones (excluding diaryl/α,β-unsaturated/α-hetero) is 1. The maximum Gasteiger partial charge on any atom is 0.189 e. The molecule has 0 unspecified atom stereocenters. The number of nitrogens with two attached hydrogens (primary N) is 2. The van der Waals surface area contributed by atoms with E-state index in [1.165, 1.54) is 7.11 Å². The molecule has 1 aromatic rings. The molecule has 1 aliphatic rings. The van der Waals surface area contributed by atoms with Crippen molar-refractivity contribution in [2.24, 2.45) is 11.5 Å². The van der Waals surface area contributed by atoms with E-state index in [0.29, 0.717) is 16.9 Å². The largest absolute Gasteiger partial charge is 0.498 e. The fraction of sp³-hybridized carbons (Fsp3) is 0.214. The van der Waals surface area contributed by atoms with Crippen LogP contribution in [0.25, 0.3) is 0 Å². The SMILES string of the molecule is COC1=CC=C(C(=O)c2ccccc2)CC1(N)N. The molecule has 0 atom stereocenters. The molecule has 2 rings (SSSR count). The number of benzene rings is 1. The Bertz CT molecular complexity index is 516. The first kappa shape index (κ1) is 12.5. The number of ether oxygens (including phenoxy) is 1. The summed E-state index contributed by atoms with van der Waals surface area (Å²) in [5, 5.41) is 0. The molecule has 4 nitrogen and oxygen atoms in total. The highest BCUT2D eigenvalue weighted by Gasteiger charge is 2.32. The van der Waals surface area contributed by atoms with Crippen molar-refractivity contribution < 1.29 is 9.53 Å². The minimum Gasteiger partial charge on any atom is -0.498 e. The number of hydrogen-bond donors (Lipinski definition) is 2. The Morgan fingerprint density at radius 3 is 2.44 bits per heavy atom. The molecule has 0 amide bonds.